The average molecular weight is 235 g/mol. The van der Waals surface area contributed by atoms with Gasteiger partial charge in [0.05, 0.1) is 5.02 Å². The lowest BCUT2D eigenvalue weighted by Crippen LogP contribution is -2.13. The zero-order valence-electron chi connectivity index (χ0n) is 7.17. The van der Waals surface area contributed by atoms with E-state index in [-0.39, 0.29) is 12.5 Å². The summed E-state index contributed by atoms with van der Waals surface area (Å²) >= 11 is 11.5. The van der Waals surface area contributed by atoms with Crippen LogP contribution in [0, 0.1) is 0 Å². The molecule has 1 amide bonds. The van der Waals surface area contributed by atoms with E-state index in [1.807, 2.05) is 0 Å². The summed E-state index contributed by atoms with van der Waals surface area (Å²) < 4.78 is 4.61. The van der Waals surface area contributed by atoms with E-state index in [1.165, 1.54) is 12.4 Å². The van der Waals surface area contributed by atoms with Gasteiger partial charge in [0, 0.05) is 23.8 Å². The second-order valence-electron chi connectivity index (χ2n) is 2.50. The number of hydrogen-bond donors (Lipinski definition) is 1. The van der Waals surface area contributed by atoms with Crippen LogP contribution in [0.15, 0.2) is 12.4 Å². The molecule has 76 valence electrons. The Morgan fingerprint density at radius 2 is 2.29 bits per heavy atom. The zero-order chi connectivity index (χ0) is 10.6. The van der Waals surface area contributed by atoms with Crippen LogP contribution in [0.2, 0.25) is 5.02 Å². The van der Waals surface area contributed by atoms with E-state index in [2.05, 4.69) is 9.72 Å². The highest BCUT2D eigenvalue weighted by Crippen LogP contribution is 2.21. The predicted octanol–water partition coefficient (Wildman–Crippen LogP) is 2.07. The van der Waals surface area contributed by atoms with Crippen LogP contribution < -0.4 is 5.73 Å². The molecule has 0 aliphatic rings. The first-order chi connectivity index (χ1) is 6.65. The molecule has 6 heteroatoms. The van der Waals surface area contributed by atoms with E-state index in [1.54, 1.807) is 0 Å². The molecule has 0 saturated heterocycles. The fourth-order valence-corrected chi connectivity index (χ4v) is 1.55. The van der Waals surface area contributed by atoms with Gasteiger partial charge in [-0.1, -0.05) is 11.6 Å². The molecule has 14 heavy (non-hydrogen) atoms. The number of carbonyl (C=O) groups excluding carboxylic acids is 1. The van der Waals surface area contributed by atoms with Gasteiger partial charge in [-0.05, 0) is 5.56 Å². The smallest absolute Gasteiger partial charge is 0.404 e. The molecular formula is C8H8Cl2N2O2. The van der Waals surface area contributed by atoms with Crippen molar-refractivity contribution in [3.8, 4) is 0 Å². The number of nitrogens with zero attached hydrogens (tertiary/aromatic N) is 1. The van der Waals surface area contributed by atoms with Crippen molar-refractivity contribution in [1.82, 2.24) is 4.98 Å². The molecule has 0 aliphatic carbocycles. The first kappa shape index (κ1) is 11.1. The first-order valence-corrected chi connectivity index (χ1v) is 4.66. The number of carbonyl (C=O) groups is 1. The number of ether oxygens (including phenoxy) is 1. The molecule has 1 aromatic heterocycles. The normalized spacial score (nSPS) is 9.86. The van der Waals surface area contributed by atoms with Crippen LogP contribution in [0.3, 0.4) is 0 Å². The molecule has 1 heterocycles. The minimum absolute atomic E-state index is 0.0327. The maximum Gasteiger partial charge on any atom is 0.404 e. The van der Waals surface area contributed by atoms with Gasteiger partial charge in [0.1, 0.15) is 6.61 Å². The molecule has 0 radical (unpaired) electrons. The summed E-state index contributed by atoms with van der Waals surface area (Å²) in [6.45, 7) is 0.0327. The van der Waals surface area contributed by atoms with E-state index in [0.717, 1.165) is 0 Å². The van der Waals surface area contributed by atoms with Crippen molar-refractivity contribution in [2.75, 3.05) is 0 Å². The van der Waals surface area contributed by atoms with E-state index < -0.39 is 6.09 Å². The van der Waals surface area contributed by atoms with Crippen molar-refractivity contribution in [3.63, 3.8) is 0 Å². The number of alkyl halides is 1. The second kappa shape index (κ2) is 5.02. The molecule has 1 aromatic rings. The Morgan fingerprint density at radius 3 is 2.86 bits per heavy atom. The molecule has 4 nitrogen and oxygen atoms in total. The van der Waals surface area contributed by atoms with Gasteiger partial charge < -0.3 is 10.5 Å². The number of halogens is 2. The number of rotatable bonds is 3. The van der Waals surface area contributed by atoms with Crippen molar-refractivity contribution < 1.29 is 9.53 Å². The van der Waals surface area contributed by atoms with Gasteiger partial charge in [0.2, 0.25) is 0 Å². The summed E-state index contributed by atoms with van der Waals surface area (Å²) in [5, 5.41) is 0.450. The van der Waals surface area contributed by atoms with Crippen LogP contribution in [-0.4, -0.2) is 11.1 Å². The summed E-state index contributed by atoms with van der Waals surface area (Å²) in [7, 11) is 0. The molecule has 0 fully saturated rings. The predicted molar refractivity (Wildman–Crippen MR) is 53.2 cm³/mol. The van der Waals surface area contributed by atoms with Crippen LogP contribution >= 0.6 is 23.2 Å². The largest absolute Gasteiger partial charge is 0.445 e. The van der Waals surface area contributed by atoms with Crippen molar-refractivity contribution in [1.29, 1.82) is 0 Å². The Morgan fingerprint density at radius 1 is 1.57 bits per heavy atom. The van der Waals surface area contributed by atoms with E-state index in [9.17, 15) is 4.79 Å². The second-order valence-corrected chi connectivity index (χ2v) is 3.17. The fourth-order valence-electron chi connectivity index (χ4n) is 0.925. The third-order valence-corrected chi connectivity index (χ3v) is 2.19. The van der Waals surface area contributed by atoms with Crippen molar-refractivity contribution in [2.24, 2.45) is 5.73 Å². The van der Waals surface area contributed by atoms with Gasteiger partial charge in [0.25, 0.3) is 0 Å². The highest BCUT2D eigenvalue weighted by Gasteiger charge is 2.07. The minimum atomic E-state index is -0.842. The quantitative estimate of drug-likeness (QED) is 0.815. The maximum absolute atomic E-state index is 10.4. The Balaban J connectivity index is 2.85. The van der Waals surface area contributed by atoms with Gasteiger partial charge in [-0.15, -0.1) is 11.6 Å². The molecule has 1 rings (SSSR count). The van der Waals surface area contributed by atoms with Gasteiger partial charge in [-0.3, -0.25) is 4.98 Å². The third kappa shape index (κ3) is 2.75. The van der Waals surface area contributed by atoms with Crippen LogP contribution in [0.5, 0.6) is 0 Å². The lowest BCUT2D eigenvalue weighted by Gasteiger charge is -2.07. The number of nitrogens with two attached hydrogens (primary N) is 1. The molecular weight excluding hydrogens is 227 g/mol. The summed E-state index contributed by atoms with van der Waals surface area (Å²) in [4.78, 5) is 14.2. The van der Waals surface area contributed by atoms with Crippen LogP contribution in [0.4, 0.5) is 4.79 Å². The van der Waals surface area contributed by atoms with Gasteiger partial charge in [0.15, 0.2) is 0 Å². The number of pyridine rings is 1. The highest BCUT2D eigenvalue weighted by molar-refractivity contribution is 6.32. The van der Waals surface area contributed by atoms with E-state index in [4.69, 9.17) is 28.9 Å². The number of aromatic nitrogens is 1. The van der Waals surface area contributed by atoms with E-state index in [0.29, 0.717) is 16.1 Å². The van der Waals surface area contributed by atoms with Crippen molar-refractivity contribution in [3.05, 3.63) is 28.5 Å². The van der Waals surface area contributed by atoms with Crippen molar-refractivity contribution in [2.45, 2.75) is 12.5 Å². The van der Waals surface area contributed by atoms with Crippen LogP contribution in [0.25, 0.3) is 0 Å². The summed E-state index contributed by atoms with van der Waals surface area (Å²) in [6, 6.07) is 0. The van der Waals surface area contributed by atoms with Gasteiger partial charge >= 0.3 is 6.09 Å². The van der Waals surface area contributed by atoms with Gasteiger partial charge in [-0.25, -0.2) is 4.79 Å². The zero-order valence-corrected chi connectivity index (χ0v) is 8.68. The van der Waals surface area contributed by atoms with Crippen LogP contribution in [0.1, 0.15) is 11.1 Å². The first-order valence-electron chi connectivity index (χ1n) is 3.74. The fraction of sp³-hybridized carbons (Fsp3) is 0.250. The third-order valence-electron chi connectivity index (χ3n) is 1.60. The molecule has 0 aliphatic heterocycles. The van der Waals surface area contributed by atoms with E-state index >= 15 is 0 Å². The Labute approximate surface area is 91.0 Å². The monoisotopic (exact) mass is 234 g/mol. The summed E-state index contributed by atoms with van der Waals surface area (Å²) in [6.07, 6.45) is 2.17. The molecule has 0 bridgehead atoms. The minimum Gasteiger partial charge on any atom is -0.445 e. The Kier molecular flexibility index (Phi) is 3.98. The number of primary amides is 1. The van der Waals surface area contributed by atoms with Crippen molar-refractivity contribution >= 4 is 29.3 Å². The Hall–Kier alpha value is -1.000. The lowest BCUT2D eigenvalue weighted by molar-refractivity contribution is 0.150. The van der Waals surface area contributed by atoms with Crippen LogP contribution in [-0.2, 0) is 17.2 Å². The molecule has 0 aromatic carbocycles. The molecule has 0 spiro atoms. The average Bonchev–Trinajstić information content (AvgIpc) is 2.14. The maximum atomic E-state index is 10.4. The topological polar surface area (TPSA) is 65.2 Å². The SMILES string of the molecule is NC(=O)OCc1cncc(Cl)c1CCl. The molecule has 0 saturated carbocycles. The molecule has 0 atom stereocenters. The Bertz CT molecular complexity index is 344. The number of hydrogen-bond acceptors (Lipinski definition) is 3. The number of amides is 1. The summed E-state index contributed by atoms with van der Waals surface area (Å²) in [5.74, 6) is 0.235. The highest BCUT2D eigenvalue weighted by atomic mass is 35.5. The molecule has 2 N–H and O–H groups in total. The lowest BCUT2D eigenvalue weighted by atomic mass is 10.2. The molecule has 0 unspecified atom stereocenters. The summed E-state index contributed by atoms with van der Waals surface area (Å²) in [5.41, 5.74) is 6.18. The standard InChI is InChI=1S/C8H8Cl2N2O2/c9-1-6-5(4-14-8(11)13)2-12-3-7(6)10/h2-3H,1,4H2,(H2,11,13). The van der Waals surface area contributed by atoms with Gasteiger partial charge in [-0.2, -0.15) is 0 Å².